The van der Waals surface area contributed by atoms with Gasteiger partial charge in [0, 0.05) is 29.1 Å². The van der Waals surface area contributed by atoms with E-state index < -0.39 is 17.0 Å². The summed E-state index contributed by atoms with van der Waals surface area (Å²) in [5.41, 5.74) is 5.65. The van der Waals surface area contributed by atoms with E-state index in [1.54, 1.807) is 55.6 Å². The van der Waals surface area contributed by atoms with E-state index in [4.69, 9.17) is 38.4 Å². The van der Waals surface area contributed by atoms with Gasteiger partial charge in [0.1, 0.15) is 29.5 Å². The fourth-order valence-corrected chi connectivity index (χ4v) is 5.05. The molecule has 35 heavy (non-hydrogen) atoms. The van der Waals surface area contributed by atoms with Gasteiger partial charge in [0.2, 0.25) is 0 Å². The second kappa shape index (κ2) is 8.43. The SMILES string of the molecule is CN1C(=O)C2(CC(C)(COc3cccc(Cl)c3)Oc3ccc(-c4cc(F)cc(Cl)c4)cc32)N=C1N. The molecule has 0 radical (unpaired) electrons. The topological polar surface area (TPSA) is 77.2 Å². The predicted molar refractivity (Wildman–Crippen MR) is 134 cm³/mol. The van der Waals surface area contributed by atoms with Crippen molar-refractivity contribution in [3.8, 4) is 22.6 Å². The van der Waals surface area contributed by atoms with Gasteiger partial charge in [-0.2, -0.15) is 0 Å². The van der Waals surface area contributed by atoms with Crippen molar-refractivity contribution in [2.45, 2.75) is 24.5 Å². The number of rotatable bonds is 4. The summed E-state index contributed by atoms with van der Waals surface area (Å²) in [6.07, 6.45) is 0.185. The van der Waals surface area contributed by atoms with Gasteiger partial charge < -0.3 is 15.2 Å². The number of amides is 1. The molecular weight excluding hydrogens is 492 g/mol. The summed E-state index contributed by atoms with van der Waals surface area (Å²) >= 11 is 12.1. The second-order valence-corrected chi connectivity index (χ2v) is 9.91. The van der Waals surface area contributed by atoms with E-state index in [1.807, 2.05) is 6.92 Å². The van der Waals surface area contributed by atoms with Crippen LogP contribution in [-0.2, 0) is 10.3 Å². The number of ether oxygens (including phenoxy) is 2. The van der Waals surface area contributed by atoms with Crippen LogP contribution in [-0.4, -0.2) is 36.0 Å². The maximum Gasteiger partial charge on any atom is 0.261 e. The van der Waals surface area contributed by atoms with Crippen molar-refractivity contribution in [3.63, 3.8) is 0 Å². The Balaban J connectivity index is 1.58. The first-order valence-corrected chi connectivity index (χ1v) is 11.7. The molecule has 0 aromatic heterocycles. The van der Waals surface area contributed by atoms with Gasteiger partial charge >= 0.3 is 0 Å². The minimum atomic E-state index is -1.31. The maximum atomic E-state index is 14.0. The molecule has 6 nitrogen and oxygen atoms in total. The van der Waals surface area contributed by atoms with Crippen molar-refractivity contribution >= 4 is 35.1 Å². The number of nitrogens with zero attached hydrogens (tertiary/aromatic N) is 2. The molecule has 1 spiro atoms. The lowest BCUT2D eigenvalue weighted by molar-refractivity contribution is -0.134. The van der Waals surface area contributed by atoms with Crippen molar-refractivity contribution in [1.82, 2.24) is 4.90 Å². The summed E-state index contributed by atoms with van der Waals surface area (Å²) in [5.74, 6) is 0.433. The lowest BCUT2D eigenvalue weighted by Gasteiger charge is -2.42. The van der Waals surface area contributed by atoms with E-state index in [-0.39, 0.29) is 29.9 Å². The van der Waals surface area contributed by atoms with Crippen molar-refractivity contribution in [3.05, 3.63) is 82.1 Å². The molecule has 0 aliphatic carbocycles. The number of nitrogens with two attached hydrogens (primary N) is 1. The lowest BCUT2D eigenvalue weighted by atomic mass is 9.76. The normalized spacial score (nSPS) is 23.2. The maximum absolute atomic E-state index is 14.0. The van der Waals surface area contributed by atoms with Crippen molar-refractivity contribution < 1.29 is 18.7 Å². The van der Waals surface area contributed by atoms with Crippen LogP contribution in [0.5, 0.6) is 11.5 Å². The average molecular weight is 514 g/mol. The third-order valence-corrected chi connectivity index (χ3v) is 6.71. The quantitative estimate of drug-likeness (QED) is 0.506. The number of halogens is 3. The van der Waals surface area contributed by atoms with Gasteiger partial charge in [-0.05, 0) is 66.6 Å². The highest BCUT2D eigenvalue weighted by atomic mass is 35.5. The van der Waals surface area contributed by atoms with Crippen molar-refractivity contribution in [2.24, 2.45) is 10.7 Å². The molecule has 3 aromatic carbocycles. The van der Waals surface area contributed by atoms with Crippen LogP contribution < -0.4 is 15.2 Å². The molecular formula is C26H22Cl2FN3O3. The number of carbonyl (C=O) groups is 1. The largest absolute Gasteiger partial charge is 0.489 e. The number of likely N-dealkylation sites (N-methyl/N-ethyl adjacent to an activating group) is 1. The van der Waals surface area contributed by atoms with Crippen LogP contribution >= 0.6 is 23.2 Å². The highest BCUT2D eigenvalue weighted by molar-refractivity contribution is 6.31. The van der Waals surface area contributed by atoms with Gasteiger partial charge in [0.25, 0.3) is 5.91 Å². The molecule has 2 aliphatic heterocycles. The monoisotopic (exact) mass is 513 g/mol. The summed E-state index contributed by atoms with van der Waals surface area (Å²) in [6, 6.07) is 16.6. The number of fused-ring (bicyclic) bond motifs is 2. The van der Waals surface area contributed by atoms with Gasteiger partial charge in [-0.3, -0.25) is 9.69 Å². The molecule has 2 unspecified atom stereocenters. The number of carbonyl (C=O) groups excluding carboxylic acids is 1. The molecule has 5 rings (SSSR count). The van der Waals surface area contributed by atoms with E-state index >= 15 is 0 Å². The summed E-state index contributed by atoms with van der Waals surface area (Å²) in [6.45, 7) is 2.00. The highest BCUT2D eigenvalue weighted by Crippen LogP contribution is 2.50. The number of benzene rings is 3. The van der Waals surface area contributed by atoms with Gasteiger partial charge in [-0.15, -0.1) is 0 Å². The fourth-order valence-electron chi connectivity index (χ4n) is 4.64. The molecule has 0 fully saturated rings. The van der Waals surface area contributed by atoms with E-state index in [0.717, 1.165) is 0 Å². The zero-order valence-electron chi connectivity index (χ0n) is 19.0. The van der Waals surface area contributed by atoms with Crippen molar-refractivity contribution in [1.29, 1.82) is 0 Å². The Hall–Kier alpha value is -3.29. The predicted octanol–water partition coefficient (Wildman–Crippen LogP) is 5.40. The van der Waals surface area contributed by atoms with Crippen LogP contribution in [0.15, 0.2) is 65.7 Å². The first-order chi connectivity index (χ1) is 16.6. The lowest BCUT2D eigenvalue weighted by Crippen LogP contribution is -2.52. The molecule has 2 aliphatic rings. The Morgan fingerprint density at radius 1 is 1.11 bits per heavy atom. The minimum absolute atomic E-state index is 0.111. The first-order valence-electron chi connectivity index (χ1n) is 10.9. The Labute approximate surface area is 212 Å². The Morgan fingerprint density at radius 2 is 1.91 bits per heavy atom. The summed E-state index contributed by atoms with van der Waals surface area (Å²) < 4.78 is 26.4. The first kappa shape index (κ1) is 23.5. The fraction of sp³-hybridized carbons (Fsp3) is 0.231. The Morgan fingerprint density at radius 3 is 2.60 bits per heavy atom. The van der Waals surface area contributed by atoms with Crippen LogP contribution in [0, 0.1) is 5.82 Å². The van der Waals surface area contributed by atoms with E-state index in [1.165, 1.54) is 17.0 Å². The zero-order valence-corrected chi connectivity index (χ0v) is 20.5. The summed E-state index contributed by atoms with van der Waals surface area (Å²) in [5, 5.41) is 0.822. The molecule has 9 heteroatoms. The van der Waals surface area contributed by atoms with Crippen LogP contribution in [0.3, 0.4) is 0 Å². The zero-order chi connectivity index (χ0) is 25.0. The van der Waals surface area contributed by atoms with Gasteiger partial charge in [-0.1, -0.05) is 35.3 Å². The van der Waals surface area contributed by atoms with Gasteiger partial charge in [-0.25, -0.2) is 9.38 Å². The molecule has 2 heterocycles. The smallest absolute Gasteiger partial charge is 0.261 e. The number of hydrogen-bond acceptors (Lipinski definition) is 5. The second-order valence-electron chi connectivity index (χ2n) is 9.04. The van der Waals surface area contributed by atoms with E-state index in [2.05, 4.69) is 4.99 Å². The van der Waals surface area contributed by atoms with Crippen LogP contribution in [0.25, 0.3) is 11.1 Å². The third kappa shape index (κ3) is 4.19. The van der Waals surface area contributed by atoms with E-state index in [0.29, 0.717) is 33.2 Å². The number of hydrogen-bond donors (Lipinski definition) is 1. The molecule has 0 bridgehead atoms. The number of guanidine groups is 1. The molecule has 0 saturated carbocycles. The molecule has 2 atom stereocenters. The average Bonchev–Trinajstić information content (AvgIpc) is 3.01. The standard InChI is InChI=1S/C26H22Cl2FN3O3/c1-25(14-34-20-5-3-4-17(27)12-20)13-26(23(33)32(2)24(30)31-26)21-10-15(6-7-22(21)35-25)16-8-18(28)11-19(29)9-16/h3-12H,13-14H2,1-2H3,(H2,30,31). The van der Waals surface area contributed by atoms with Crippen LogP contribution in [0.4, 0.5) is 4.39 Å². The minimum Gasteiger partial charge on any atom is -0.489 e. The van der Waals surface area contributed by atoms with Crippen LogP contribution in [0.1, 0.15) is 18.9 Å². The molecule has 2 N–H and O–H groups in total. The van der Waals surface area contributed by atoms with E-state index in [9.17, 15) is 9.18 Å². The highest BCUT2D eigenvalue weighted by Gasteiger charge is 2.57. The van der Waals surface area contributed by atoms with Crippen molar-refractivity contribution in [2.75, 3.05) is 13.7 Å². The Bertz CT molecular complexity index is 1360. The number of aliphatic imine (C=N–C) groups is 1. The molecule has 1 amide bonds. The molecule has 3 aromatic rings. The molecule has 180 valence electrons. The summed E-state index contributed by atoms with van der Waals surface area (Å²) in [7, 11) is 1.58. The molecule has 0 saturated heterocycles. The Kier molecular flexibility index (Phi) is 5.65. The summed E-state index contributed by atoms with van der Waals surface area (Å²) in [4.78, 5) is 19.5. The van der Waals surface area contributed by atoms with Crippen LogP contribution in [0.2, 0.25) is 10.0 Å². The third-order valence-electron chi connectivity index (χ3n) is 6.25. The van der Waals surface area contributed by atoms with Gasteiger partial charge in [0.15, 0.2) is 11.5 Å². The van der Waals surface area contributed by atoms with Gasteiger partial charge in [0.05, 0.1) is 0 Å².